The van der Waals surface area contributed by atoms with Crippen molar-refractivity contribution < 1.29 is 0 Å². The summed E-state index contributed by atoms with van der Waals surface area (Å²) in [6.07, 6.45) is 12.3. The quantitative estimate of drug-likeness (QED) is 0.410. The number of nitrogens with one attached hydrogen (secondary N) is 2. The Morgan fingerprint density at radius 1 is 1.23 bits per heavy atom. The fourth-order valence-electron chi connectivity index (χ4n) is 2.74. The molecule has 2 aromatic heterocycles. The van der Waals surface area contributed by atoms with E-state index in [2.05, 4.69) is 52.4 Å². The van der Waals surface area contributed by atoms with E-state index in [9.17, 15) is 0 Å². The second kappa shape index (κ2) is 9.94. The lowest BCUT2D eigenvalue weighted by molar-refractivity contribution is 0.318. The fourth-order valence-corrected chi connectivity index (χ4v) is 2.74. The summed E-state index contributed by atoms with van der Waals surface area (Å²) in [5.41, 5.74) is 1.37. The van der Waals surface area contributed by atoms with Crippen molar-refractivity contribution in [1.29, 1.82) is 0 Å². The zero-order chi connectivity index (χ0) is 18.8. The highest BCUT2D eigenvalue weighted by molar-refractivity contribution is 5.79. The van der Waals surface area contributed by atoms with Crippen molar-refractivity contribution in [1.82, 2.24) is 25.2 Å². The first-order valence-corrected chi connectivity index (χ1v) is 9.42. The molecule has 0 aliphatic heterocycles. The van der Waals surface area contributed by atoms with E-state index >= 15 is 0 Å². The summed E-state index contributed by atoms with van der Waals surface area (Å²) in [5, 5.41) is 6.81. The molecule has 0 radical (unpaired) electrons. The molecule has 0 atom stereocenters. The molecule has 6 nitrogen and oxygen atoms in total. The molecule has 0 bridgehead atoms. The number of aromatic nitrogens is 3. The molecule has 0 aliphatic rings. The van der Waals surface area contributed by atoms with E-state index in [0.29, 0.717) is 6.54 Å². The van der Waals surface area contributed by atoms with E-state index in [1.807, 2.05) is 23.0 Å². The molecule has 6 heteroatoms. The fraction of sp³-hybridized carbons (Fsp3) is 0.550. The minimum absolute atomic E-state index is 0.265. The van der Waals surface area contributed by atoms with Crippen LogP contribution in [0.15, 0.2) is 42.0 Å². The zero-order valence-corrected chi connectivity index (χ0v) is 16.5. The molecule has 142 valence electrons. The Kier molecular flexibility index (Phi) is 7.63. The van der Waals surface area contributed by atoms with E-state index in [4.69, 9.17) is 0 Å². The second-order valence-electron chi connectivity index (χ2n) is 7.40. The van der Waals surface area contributed by atoms with Crippen LogP contribution in [0.5, 0.6) is 0 Å². The van der Waals surface area contributed by atoms with Crippen LogP contribution in [0.25, 0.3) is 5.82 Å². The van der Waals surface area contributed by atoms with Crippen LogP contribution in [-0.4, -0.2) is 34.1 Å². The third kappa shape index (κ3) is 6.50. The van der Waals surface area contributed by atoms with E-state index in [-0.39, 0.29) is 5.41 Å². The molecule has 0 amide bonds. The van der Waals surface area contributed by atoms with Gasteiger partial charge in [0.05, 0.1) is 0 Å². The summed E-state index contributed by atoms with van der Waals surface area (Å²) in [5.74, 6) is 1.69. The lowest BCUT2D eigenvalue weighted by Crippen LogP contribution is -2.41. The molecule has 0 aromatic carbocycles. The van der Waals surface area contributed by atoms with Gasteiger partial charge in [0.25, 0.3) is 0 Å². The summed E-state index contributed by atoms with van der Waals surface area (Å²) in [6, 6.07) is 4.06. The molecular formula is C20H32N6. The predicted octanol–water partition coefficient (Wildman–Crippen LogP) is 3.54. The van der Waals surface area contributed by atoms with Crippen molar-refractivity contribution >= 4 is 5.96 Å². The van der Waals surface area contributed by atoms with Crippen LogP contribution in [0.3, 0.4) is 0 Å². The van der Waals surface area contributed by atoms with Gasteiger partial charge in [0.1, 0.15) is 12.1 Å². The number of pyridine rings is 1. The maximum Gasteiger partial charge on any atom is 0.191 e. The van der Waals surface area contributed by atoms with Crippen molar-refractivity contribution in [3.05, 3.63) is 42.6 Å². The van der Waals surface area contributed by atoms with Crippen LogP contribution in [0.2, 0.25) is 0 Å². The SMILES string of the molecule is CCCCCC(C)(C)CNC(=NC)NCc1ccc(-n2ccnc2)nc1. The Hall–Kier alpha value is -2.37. The largest absolute Gasteiger partial charge is 0.356 e. The van der Waals surface area contributed by atoms with E-state index < -0.39 is 0 Å². The molecular weight excluding hydrogens is 324 g/mol. The summed E-state index contributed by atoms with van der Waals surface area (Å²) < 4.78 is 1.89. The summed E-state index contributed by atoms with van der Waals surface area (Å²) in [7, 11) is 1.81. The number of unbranched alkanes of at least 4 members (excludes halogenated alkanes) is 2. The van der Waals surface area contributed by atoms with Gasteiger partial charge in [-0.1, -0.05) is 46.1 Å². The number of nitrogens with zero attached hydrogens (tertiary/aromatic N) is 4. The van der Waals surface area contributed by atoms with Crippen LogP contribution in [0.4, 0.5) is 0 Å². The van der Waals surface area contributed by atoms with Crippen LogP contribution in [-0.2, 0) is 6.54 Å². The summed E-state index contributed by atoms with van der Waals surface area (Å²) >= 11 is 0. The van der Waals surface area contributed by atoms with Gasteiger partial charge in [-0.2, -0.15) is 0 Å². The molecule has 0 saturated carbocycles. The minimum Gasteiger partial charge on any atom is -0.356 e. The third-order valence-electron chi connectivity index (χ3n) is 4.45. The average molecular weight is 357 g/mol. The number of imidazole rings is 1. The van der Waals surface area contributed by atoms with Gasteiger partial charge >= 0.3 is 0 Å². The van der Waals surface area contributed by atoms with Gasteiger partial charge in [-0.15, -0.1) is 0 Å². The second-order valence-corrected chi connectivity index (χ2v) is 7.40. The average Bonchev–Trinajstić information content (AvgIpc) is 3.17. The van der Waals surface area contributed by atoms with Crippen molar-refractivity contribution in [3.8, 4) is 5.82 Å². The Morgan fingerprint density at radius 3 is 2.69 bits per heavy atom. The first-order valence-electron chi connectivity index (χ1n) is 9.42. The van der Waals surface area contributed by atoms with E-state index in [0.717, 1.165) is 23.9 Å². The standard InChI is InChI=1S/C20H32N6/c1-5-6-7-10-20(2,3)15-25-19(21-4)24-14-17-8-9-18(23-13-17)26-12-11-22-16-26/h8-9,11-13,16H,5-7,10,14-15H2,1-4H3,(H2,21,24,25). The Morgan fingerprint density at radius 2 is 2.08 bits per heavy atom. The normalized spacial score (nSPS) is 12.2. The van der Waals surface area contributed by atoms with E-state index in [1.54, 1.807) is 19.6 Å². The smallest absolute Gasteiger partial charge is 0.191 e. The molecule has 2 aromatic rings. The Bertz CT molecular complexity index is 658. The van der Waals surface area contributed by atoms with Crippen molar-refractivity contribution in [2.45, 2.75) is 53.0 Å². The number of rotatable bonds is 9. The lowest BCUT2D eigenvalue weighted by atomic mass is 9.87. The Labute approximate surface area is 157 Å². The van der Waals surface area contributed by atoms with Crippen LogP contribution < -0.4 is 10.6 Å². The lowest BCUT2D eigenvalue weighted by Gasteiger charge is -2.26. The van der Waals surface area contributed by atoms with Crippen LogP contribution in [0.1, 0.15) is 52.0 Å². The van der Waals surface area contributed by atoms with Gasteiger partial charge in [-0.3, -0.25) is 9.56 Å². The first kappa shape index (κ1) is 19.9. The highest BCUT2D eigenvalue weighted by Crippen LogP contribution is 2.22. The van der Waals surface area contributed by atoms with Crippen LogP contribution >= 0.6 is 0 Å². The number of hydrogen-bond acceptors (Lipinski definition) is 3. The highest BCUT2D eigenvalue weighted by atomic mass is 15.2. The molecule has 0 aliphatic carbocycles. The van der Waals surface area contributed by atoms with Gasteiger partial charge in [0, 0.05) is 38.7 Å². The van der Waals surface area contributed by atoms with Gasteiger partial charge in [0.15, 0.2) is 5.96 Å². The number of hydrogen-bond donors (Lipinski definition) is 2. The van der Waals surface area contributed by atoms with Crippen molar-refractivity contribution in [2.75, 3.05) is 13.6 Å². The minimum atomic E-state index is 0.265. The van der Waals surface area contributed by atoms with Crippen molar-refractivity contribution in [2.24, 2.45) is 10.4 Å². The van der Waals surface area contributed by atoms with Gasteiger partial charge in [0.2, 0.25) is 0 Å². The van der Waals surface area contributed by atoms with Gasteiger partial charge < -0.3 is 10.6 Å². The highest BCUT2D eigenvalue weighted by Gasteiger charge is 2.17. The first-order chi connectivity index (χ1) is 12.5. The molecule has 0 fully saturated rings. The van der Waals surface area contributed by atoms with E-state index in [1.165, 1.54) is 25.7 Å². The van der Waals surface area contributed by atoms with Crippen LogP contribution in [0, 0.1) is 5.41 Å². The Balaban J connectivity index is 1.79. The van der Waals surface area contributed by atoms with Gasteiger partial charge in [-0.25, -0.2) is 9.97 Å². The van der Waals surface area contributed by atoms with Gasteiger partial charge in [-0.05, 0) is 23.5 Å². The molecule has 0 saturated heterocycles. The number of guanidine groups is 1. The summed E-state index contributed by atoms with van der Waals surface area (Å²) in [6.45, 7) is 8.46. The van der Waals surface area contributed by atoms with Crippen molar-refractivity contribution in [3.63, 3.8) is 0 Å². The maximum atomic E-state index is 4.47. The predicted molar refractivity (Wildman–Crippen MR) is 107 cm³/mol. The molecule has 26 heavy (non-hydrogen) atoms. The topological polar surface area (TPSA) is 67.1 Å². The number of aliphatic imine (C=N–C) groups is 1. The zero-order valence-electron chi connectivity index (χ0n) is 16.5. The molecule has 0 unspecified atom stereocenters. The molecule has 2 rings (SSSR count). The molecule has 2 N–H and O–H groups in total. The molecule has 2 heterocycles. The maximum absolute atomic E-state index is 4.47. The monoisotopic (exact) mass is 356 g/mol. The third-order valence-corrected chi connectivity index (χ3v) is 4.45. The molecule has 0 spiro atoms. The summed E-state index contributed by atoms with van der Waals surface area (Å²) in [4.78, 5) is 12.8.